The Morgan fingerprint density at radius 3 is 1.67 bits per heavy atom. The third-order valence-corrected chi connectivity index (χ3v) is 4.61. The summed E-state index contributed by atoms with van der Waals surface area (Å²) in [7, 11) is 0. The van der Waals surface area contributed by atoms with E-state index in [2.05, 4.69) is 53.8 Å². The Labute approximate surface area is 175 Å². The summed E-state index contributed by atoms with van der Waals surface area (Å²) >= 11 is 11.9. The second-order valence-electron chi connectivity index (χ2n) is 6.31. The lowest BCUT2D eigenvalue weighted by molar-refractivity contribution is -0.141. The molecule has 0 aliphatic rings. The van der Waals surface area contributed by atoms with Crippen LogP contribution in [0, 0.1) is 5.92 Å². The predicted octanol–water partition coefficient (Wildman–Crippen LogP) is -1.31. The van der Waals surface area contributed by atoms with E-state index in [9.17, 15) is 19.2 Å². The van der Waals surface area contributed by atoms with Crippen LogP contribution in [0.2, 0.25) is 0 Å². The molecule has 3 amide bonds. The van der Waals surface area contributed by atoms with Crippen molar-refractivity contribution < 1.29 is 24.3 Å². The van der Waals surface area contributed by atoms with Crippen LogP contribution in [0.5, 0.6) is 0 Å². The first-order valence-electron chi connectivity index (χ1n) is 8.29. The molecule has 0 aliphatic heterocycles. The van der Waals surface area contributed by atoms with Crippen molar-refractivity contribution in [1.29, 1.82) is 0 Å². The van der Waals surface area contributed by atoms with Crippen molar-refractivity contribution in [1.82, 2.24) is 16.0 Å². The lowest BCUT2D eigenvalue weighted by Gasteiger charge is -2.25. The molecule has 0 aromatic heterocycles. The van der Waals surface area contributed by atoms with Crippen LogP contribution in [0.4, 0.5) is 0 Å². The second-order valence-corrected chi connectivity index (χ2v) is 7.40. The van der Waals surface area contributed by atoms with Gasteiger partial charge in [0.25, 0.3) is 0 Å². The fraction of sp³-hybridized carbons (Fsp3) is 0.733. The van der Waals surface area contributed by atoms with Gasteiger partial charge in [-0.1, -0.05) is 13.8 Å². The van der Waals surface area contributed by atoms with Crippen LogP contribution >= 0.6 is 37.9 Å². The number of carbonyl (C=O) groups is 4. The molecule has 0 saturated heterocycles. The van der Waals surface area contributed by atoms with Gasteiger partial charge in [0, 0.05) is 17.3 Å². The number of nitrogens with two attached hydrogens (primary N) is 1. The van der Waals surface area contributed by atoms with E-state index in [1.54, 1.807) is 0 Å². The molecule has 4 atom stereocenters. The highest BCUT2D eigenvalue weighted by atomic mass is 32.1. The molecule has 156 valence electrons. The van der Waals surface area contributed by atoms with Crippen LogP contribution in [-0.4, -0.2) is 70.2 Å². The minimum Gasteiger partial charge on any atom is -0.480 e. The lowest BCUT2D eigenvalue weighted by Crippen LogP contribution is -2.58. The van der Waals surface area contributed by atoms with Gasteiger partial charge in [-0.3, -0.25) is 14.4 Å². The number of aliphatic carboxylic acids is 1. The third-order valence-electron chi connectivity index (χ3n) is 3.49. The summed E-state index contributed by atoms with van der Waals surface area (Å²) in [4.78, 5) is 47.8. The van der Waals surface area contributed by atoms with Crippen molar-refractivity contribution in [3.8, 4) is 0 Å². The molecule has 12 heteroatoms. The van der Waals surface area contributed by atoms with Gasteiger partial charge in [-0.05, 0) is 12.3 Å². The van der Waals surface area contributed by atoms with E-state index in [4.69, 9.17) is 10.8 Å². The predicted molar refractivity (Wildman–Crippen MR) is 112 cm³/mol. The number of nitrogens with one attached hydrogen (secondary N) is 3. The Hall–Kier alpha value is -1.11. The van der Waals surface area contributed by atoms with Crippen molar-refractivity contribution in [3.05, 3.63) is 0 Å². The first-order chi connectivity index (χ1) is 12.6. The van der Waals surface area contributed by atoms with E-state index in [-0.39, 0.29) is 29.6 Å². The van der Waals surface area contributed by atoms with E-state index >= 15 is 0 Å². The fourth-order valence-corrected chi connectivity index (χ4v) is 2.66. The van der Waals surface area contributed by atoms with Gasteiger partial charge >= 0.3 is 5.97 Å². The number of carboxylic acid groups (broad SMARTS) is 1. The van der Waals surface area contributed by atoms with Crippen molar-refractivity contribution in [2.45, 2.75) is 44.4 Å². The fourth-order valence-electron chi connectivity index (χ4n) is 1.99. The van der Waals surface area contributed by atoms with Crippen molar-refractivity contribution in [2.24, 2.45) is 11.7 Å². The summed E-state index contributed by atoms with van der Waals surface area (Å²) in [6.45, 7) is 3.70. The molecular weight excluding hydrogens is 412 g/mol. The Morgan fingerprint density at radius 2 is 1.26 bits per heavy atom. The van der Waals surface area contributed by atoms with E-state index in [0.29, 0.717) is 0 Å². The molecule has 0 aromatic carbocycles. The quantitative estimate of drug-likeness (QED) is 0.177. The monoisotopic (exact) mass is 440 g/mol. The zero-order chi connectivity index (χ0) is 21.1. The molecular formula is C15H28N4O5S3. The molecule has 9 nitrogen and oxygen atoms in total. The SMILES string of the molecule is CC(C)CC(NC(=O)C(CS)NC(=O)C(N)CS)C(=O)NC(CS)C(=O)O. The van der Waals surface area contributed by atoms with Gasteiger partial charge < -0.3 is 26.8 Å². The van der Waals surface area contributed by atoms with Crippen LogP contribution in [0.1, 0.15) is 20.3 Å². The van der Waals surface area contributed by atoms with Crippen LogP contribution in [0.15, 0.2) is 0 Å². The summed E-state index contributed by atoms with van der Waals surface area (Å²) in [5, 5.41) is 16.4. The molecule has 0 rings (SSSR count). The number of hydrogen-bond donors (Lipinski definition) is 8. The van der Waals surface area contributed by atoms with Crippen molar-refractivity contribution >= 4 is 61.6 Å². The van der Waals surface area contributed by atoms with Gasteiger partial charge in [-0.25, -0.2) is 4.79 Å². The second kappa shape index (κ2) is 13.1. The number of carboxylic acids is 1. The zero-order valence-electron chi connectivity index (χ0n) is 15.2. The highest BCUT2D eigenvalue weighted by Gasteiger charge is 2.29. The maximum Gasteiger partial charge on any atom is 0.327 e. The zero-order valence-corrected chi connectivity index (χ0v) is 17.9. The number of thiol groups is 3. The van der Waals surface area contributed by atoms with E-state index in [1.807, 2.05) is 13.8 Å². The average Bonchev–Trinajstić information content (AvgIpc) is 2.61. The van der Waals surface area contributed by atoms with E-state index < -0.39 is 47.9 Å². The van der Waals surface area contributed by atoms with Crippen LogP contribution in [0.25, 0.3) is 0 Å². The van der Waals surface area contributed by atoms with Gasteiger partial charge in [0.15, 0.2) is 0 Å². The molecule has 0 fully saturated rings. The van der Waals surface area contributed by atoms with Crippen molar-refractivity contribution in [3.63, 3.8) is 0 Å². The molecule has 4 unspecified atom stereocenters. The Morgan fingerprint density at radius 1 is 0.815 bits per heavy atom. The normalized spacial score (nSPS) is 15.4. The molecule has 0 aromatic rings. The Bertz CT molecular complexity index is 536. The summed E-state index contributed by atoms with van der Waals surface area (Å²) in [6.07, 6.45) is 0.278. The van der Waals surface area contributed by atoms with Crippen LogP contribution in [-0.2, 0) is 19.2 Å². The molecule has 27 heavy (non-hydrogen) atoms. The third kappa shape index (κ3) is 9.58. The molecule has 0 aliphatic carbocycles. The summed E-state index contributed by atoms with van der Waals surface area (Å²) in [5.74, 6) is -3.02. The standard InChI is InChI=1S/C15H28N4O5S3/c1-7(2)3-9(13(21)19-11(6-27)15(23)24)17-14(22)10(5-26)18-12(20)8(16)4-25/h7-11,25-27H,3-6,16H2,1-2H3,(H,17,22)(H,18,20)(H,19,21)(H,23,24). The minimum atomic E-state index is -1.23. The number of carbonyl (C=O) groups excluding carboxylic acids is 3. The summed E-state index contributed by atoms with van der Waals surface area (Å²) < 4.78 is 0. The molecule has 0 heterocycles. The van der Waals surface area contributed by atoms with Crippen molar-refractivity contribution in [2.75, 3.05) is 17.3 Å². The largest absolute Gasteiger partial charge is 0.480 e. The van der Waals surface area contributed by atoms with Crippen LogP contribution < -0.4 is 21.7 Å². The van der Waals surface area contributed by atoms with Gasteiger partial charge in [0.2, 0.25) is 17.7 Å². The maximum atomic E-state index is 12.5. The number of rotatable bonds is 12. The topological polar surface area (TPSA) is 151 Å². The number of amides is 3. The lowest BCUT2D eigenvalue weighted by atomic mass is 10.0. The molecule has 0 spiro atoms. The van der Waals surface area contributed by atoms with Gasteiger partial charge in [0.05, 0.1) is 6.04 Å². The van der Waals surface area contributed by atoms with E-state index in [1.165, 1.54) is 0 Å². The van der Waals surface area contributed by atoms with Gasteiger partial charge in [-0.15, -0.1) is 0 Å². The summed E-state index contributed by atoms with van der Waals surface area (Å²) in [6, 6.07) is -4.04. The van der Waals surface area contributed by atoms with Gasteiger partial charge in [0.1, 0.15) is 18.1 Å². The summed E-state index contributed by atoms with van der Waals surface area (Å²) in [5.41, 5.74) is 5.56. The highest BCUT2D eigenvalue weighted by molar-refractivity contribution is 7.80. The Kier molecular flexibility index (Phi) is 12.6. The first kappa shape index (κ1) is 25.9. The van der Waals surface area contributed by atoms with E-state index in [0.717, 1.165) is 0 Å². The molecule has 6 N–H and O–H groups in total. The number of hydrogen-bond acceptors (Lipinski definition) is 8. The maximum absolute atomic E-state index is 12.5. The Balaban J connectivity index is 5.14. The minimum absolute atomic E-state index is 0.0126. The van der Waals surface area contributed by atoms with Crippen LogP contribution in [0.3, 0.4) is 0 Å². The smallest absolute Gasteiger partial charge is 0.327 e. The van der Waals surface area contributed by atoms with Gasteiger partial charge in [-0.2, -0.15) is 37.9 Å². The molecule has 0 saturated carbocycles. The average molecular weight is 441 g/mol. The first-order valence-corrected chi connectivity index (χ1v) is 10.2. The molecule has 0 bridgehead atoms. The molecule has 0 radical (unpaired) electrons. The highest BCUT2D eigenvalue weighted by Crippen LogP contribution is 2.07.